The van der Waals surface area contributed by atoms with Crippen molar-refractivity contribution in [1.82, 2.24) is 0 Å². The SMILES string of the molecule is COc1c(C)ccc(C(C)C)c1CC(C)N. The molecule has 0 aliphatic heterocycles. The number of aryl methyl sites for hydroxylation is 1. The summed E-state index contributed by atoms with van der Waals surface area (Å²) >= 11 is 0. The summed E-state index contributed by atoms with van der Waals surface area (Å²) in [4.78, 5) is 0. The Morgan fingerprint density at radius 3 is 2.31 bits per heavy atom. The fourth-order valence-corrected chi connectivity index (χ4v) is 2.12. The van der Waals surface area contributed by atoms with Crippen molar-refractivity contribution in [2.75, 3.05) is 7.11 Å². The summed E-state index contributed by atoms with van der Waals surface area (Å²) in [6.45, 7) is 8.52. The lowest BCUT2D eigenvalue weighted by molar-refractivity contribution is 0.404. The van der Waals surface area contributed by atoms with Crippen LogP contribution in [0, 0.1) is 6.92 Å². The molecule has 1 aromatic rings. The van der Waals surface area contributed by atoms with Crippen LogP contribution in [0.1, 0.15) is 43.4 Å². The van der Waals surface area contributed by atoms with Crippen LogP contribution in [0.15, 0.2) is 12.1 Å². The quantitative estimate of drug-likeness (QED) is 0.848. The number of benzene rings is 1. The third kappa shape index (κ3) is 2.76. The second-order valence-electron chi connectivity index (χ2n) is 4.82. The Balaban J connectivity index is 3.29. The first kappa shape index (κ1) is 13.0. The van der Waals surface area contributed by atoms with Crippen molar-refractivity contribution in [2.45, 2.75) is 46.1 Å². The highest BCUT2D eigenvalue weighted by Gasteiger charge is 2.15. The van der Waals surface area contributed by atoms with Gasteiger partial charge in [-0.15, -0.1) is 0 Å². The number of nitrogens with two attached hydrogens (primary N) is 1. The Bertz CT molecular complexity index is 356. The third-order valence-electron chi connectivity index (χ3n) is 2.85. The maximum atomic E-state index is 5.91. The van der Waals surface area contributed by atoms with E-state index in [2.05, 4.69) is 32.9 Å². The summed E-state index contributed by atoms with van der Waals surface area (Å²) in [6.07, 6.45) is 0.873. The van der Waals surface area contributed by atoms with Crippen LogP contribution in [0.5, 0.6) is 5.75 Å². The molecular formula is C14H23NO. The van der Waals surface area contributed by atoms with Crippen molar-refractivity contribution >= 4 is 0 Å². The molecule has 0 bridgehead atoms. The molecule has 0 saturated carbocycles. The Kier molecular flexibility index (Phi) is 4.36. The molecule has 2 heteroatoms. The van der Waals surface area contributed by atoms with Crippen molar-refractivity contribution in [1.29, 1.82) is 0 Å². The normalized spacial score (nSPS) is 12.9. The number of hydrogen-bond donors (Lipinski definition) is 1. The van der Waals surface area contributed by atoms with Gasteiger partial charge in [0.15, 0.2) is 0 Å². The molecule has 90 valence electrons. The van der Waals surface area contributed by atoms with E-state index in [9.17, 15) is 0 Å². The first-order chi connectivity index (χ1) is 7.47. The zero-order valence-electron chi connectivity index (χ0n) is 11.0. The molecule has 0 aliphatic carbocycles. The van der Waals surface area contributed by atoms with Gasteiger partial charge in [-0.2, -0.15) is 0 Å². The van der Waals surface area contributed by atoms with Crippen molar-refractivity contribution in [2.24, 2.45) is 5.73 Å². The molecule has 0 heterocycles. The van der Waals surface area contributed by atoms with E-state index in [1.165, 1.54) is 16.7 Å². The molecule has 0 saturated heterocycles. The molecule has 16 heavy (non-hydrogen) atoms. The molecule has 1 atom stereocenters. The number of hydrogen-bond acceptors (Lipinski definition) is 2. The van der Waals surface area contributed by atoms with E-state index in [0.29, 0.717) is 5.92 Å². The van der Waals surface area contributed by atoms with Crippen LogP contribution >= 0.6 is 0 Å². The van der Waals surface area contributed by atoms with E-state index in [0.717, 1.165) is 12.2 Å². The Labute approximate surface area is 98.8 Å². The average molecular weight is 221 g/mol. The predicted molar refractivity (Wildman–Crippen MR) is 69.2 cm³/mol. The van der Waals surface area contributed by atoms with Gasteiger partial charge in [0.2, 0.25) is 0 Å². The van der Waals surface area contributed by atoms with E-state index in [1.807, 2.05) is 6.92 Å². The molecule has 0 fully saturated rings. The number of methoxy groups -OCH3 is 1. The second-order valence-corrected chi connectivity index (χ2v) is 4.82. The van der Waals surface area contributed by atoms with Crippen LogP contribution in [0.3, 0.4) is 0 Å². The van der Waals surface area contributed by atoms with E-state index >= 15 is 0 Å². The van der Waals surface area contributed by atoms with Gasteiger partial charge >= 0.3 is 0 Å². The van der Waals surface area contributed by atoms with Crippen LogP contribution in [0.2, 0.25) is 0 Å². The van der Waals surface area contributed by atoms with Crippen molar-refractivity contribution in [3.63, 3.8) is 0 Å². The maximum Gasteiger partial charge on any atom is 0.125 e. The van der Waals surface area contributed by atoms with Crippen LogP contribution < -0.4 is 10.5 Å². The van der Waals surface area contributed by atoms with Gasteiger partial charge in [0.25, 0.3) is 0 Å². The predicted octanol–water partition coefficient (Wildman–Crippen LogP) is 3.02. The molecule has 1 unspecified atom stereocenters. The first-order valence-corrected chi connectivity index (χ1v) is 5.89. The zero-order valence-corrected chi connectivity index (χ0v) is 11.0. The summed E-state index contributed by atoms with van der Waals surface area (Å²) in [5.74, 6) is 1.51. The van der Waals surface area contributed by atoms with Gasteiger partial charge in [0.1, 0.15) is 5.75 Å². The largest absolute Gasteiger partial charge is 0.496 e. The fraction of sp³-hybridized carbons (Fsp3) is 0.571. The van der Waals surface area contributed by atoms with Crippen molar-refractivity contribution in [3.05, 3.63) is 28.8 Å². The van der Waals surface area contributed by atoms with Gasteiger partial charge in [-0.3, -0.25) is 0 Å². The highest BCUT2D eigenvalue weighted by atomic mass is 16.5. The van der Waals surface area contributed by atoms with Gasteiger partial charge in [0.05, 0.1) is 7.11 Å². The third-order valence-corrected chi connectivity index (χ3v) is 2.85. The summed E-state index contributed by atoms with van der Waals surface area (Å²) in [7, 11) is 1.73. The lowest BCUT2D eigenvalue weighted by Gasteiger charge is -2.19. The molecule has 1 aromatic carbocycles. The zero-order chi connectivity index (χ0) is 12.3. The molecule has 2 N–H and O–H groups in total. The Morgan fingerprint density at radius 1 is 1.25 bits per heavy atom. The van der Waals surface area contributed by atoms with Crippen molar-refractivity contribution in [3.8, 4) is 5.75 Å². The monoisotopic (exact) mass is 221 g/mol. The first-order valence-electron chi connectivity index (χ1n) is 5.89. The van der Waals surface area contributed by atoms with Gasteiger partial charge < -0.3 is 10.5 Å². The van der Waals surface area contributed by atoms with Crippen LogP contribution in [-0.2, 0) is 6.42 Å². The summed E-state index contributed by atoms with van der Waals surface area (Å²) in [5, 5.41) is 0. The van der Waals surface area contributed by atoms with Gasteiger partial charge in [-0.25, -0.2) is 0 Å². The number of rotatable bonds is 4. The minimum Gasteiger partial charge on any atom is -0.496 e. The topological polar surface area (TPSA) is 35.2 Å². The minimum atomic E-state index is 0.160. The van der Waals surface area contributed by atoms with E-state index in [1.54, 1.807) is 7.11 Å². The van der Waals surface area contributed by atoms with Crippen LogP contribution in [0.4, 0.5) is 0 Å². The maximum absolute atomic E-state index is 5.91. The van der Waals surface area contributed by atoms with E-state index in [-0.39, 0.29) is 6.04 Å². The van der Waals surface area contributed by atoms with Gasteiger partial charge in [-0.1, -0.05) is 26.0 Å². The van der Waals surface area contributed by atoms with Crippen molar-refractivity contribution < 1.29 is 4.74 Å². The fourth-order valence-electron chi connectivity index (χ4n) is 2.12. The minimum absolute atomic E-state index is 0.160. The highest BCUT2D eigenvalue weighted by molar-refractivity contribution is 5.47. The van der Waals surface area contributed by atoms with E-state index in [4.69, 9.17) is 10.5 Å². The molecule has 0 amide bonds. The second kappa shape index (κ2) is 5.35. The lowest BCUT2D eigenvalue weighted by atomic mass is 9.91. The molecule has 0 radical (unpaired) electrons. The summed E-state index contributed by atoms with van der Waals surface area (Å²) in [6, 6.07) is 4.48. The lowest BCUT2D eigenvalue weighted by Crippen LogP contribution is -2.19. The molecule has 2 nitrogen and oxygen atoms in total. The smallest absolute Gasteiger partial charge is 0.125 e. The Hall–Kier alpha value is -1.02. The molecule has 0 spiro atoms. The van der Waals surface area contributed by atoms with Crippen LogP contribution in [-0.4, -0.2) is 13.2 Å². The average Bonchev–Trinajstić information content (AvgIpc) is 2.16. The molecule has 0 aliphatic rings. The van der Waals surface area contributed by atoms with Gasteiger partial charge in [0, 0.05) is 6.04 Å². The van der Waals surface area contributed by atoms with Crippen LogP contribution in [0.25, 0.3) is 0 Å². The Morgan fingerprint density at radius 2 is 1.88 bits per heavy atom. The van der Waals surface area contributed by atoms with Gasteiger partial charge in [-0.05, 0) is 42.9 Å². The molecule has 0 aromatic heterocycles. The standard InChI is InChI=1S/C14H23NO/c1-9(2)12-7-6-10(3)14(16-5)13(12)8-11(4)15/h6-7,9,11H,8,15H2,1-5H3. The highest BCUT2D eigenvalue weighted by Crippen LogP contribution is 2.31. The number of ether oxygens (including phenoxy) is 1. The van der Waals surface area contributed by atoms with E-state index < -0.39 is 0 Å². The molecular weight excluding hydrogens is 198 g/mol. The molecule has 1 rings (SSSR count). The summed E-state index contributed by atoms with van der Waals surface area (Å²) in [5.41, 5.74) is 9.71. The summed E-state index contributed by atoms with van der Waals surface area (Å²) < 4.78 is 5.51.